The number of piperidine rings is 1. The summed E-state index contributed by atoms with van der Waals surface area (Å²) in [4.78, 5) is 34.8. The Morgan fingerprint density at radius 3 is 2.16 bits per heavy atom. The number of aliphatic carboxylic acids is 2. The lowest BCUT2D eigenvalue weighted by atomic mass is 9.92. The summed E-state index contributed by atoms with van der Waals surface area (Å²) in [5.41, 5.74) is 1.41. The van der Waals surface area contributed by atoms with Crippen molar-refractivity contribution in [2.24, 2.45) is 5.92 Å². The molecule has 4 heterocycles. The fourth-order valence-corrected chi connectivity index (χ4v) is 5.15. The molecule has 212 valence electrons. The predicted octanol–water partition coefficient (Wildman–Crippen LogP) is 3.72. The van der Waals surface area contributed by atoms with Gasteiger partial charge in [-0.3, -0.25) is 14.4 Å². The summed E-state index contributed by atoms with van der Waals surface area (Å²) < 4.78 is 65.4. The molecule has 3 atom stereocenters. The number of amides is 1. The number of hydrogen-bond acceptors (Lipinski definition) is 6. The first-order chi connectivity index (χ1) is 17.6. The summed E-state index contributed by atoms with van der Waals surface area (Å²) in [6.45, 7) is 5.74. The number of thiophene rings is 1. The third-order valence-electron chi connectivity index (χ3n) is 5.90. The average Bonchev–Trinajstić information content (AvgIpc) is 3.54. The fraction of sp³-hybridized carbons (Fsp3) is 0.545. The van der Waals surface area contributed by atoms with Gasteiger partial charge < -0.3 is 15.1 Å². The Labute approximate surface area is 217 Å². The van der Waals surface area contributed by atoms with Crippen LogP contribution in [0.4, 0.5) is 26.3 Å². The van der Waals surface area contributed by atoms with Crippen LogP contribution in [0.5, 0.6) is 0 Å². The molecule has 0 radical (unpaired) electrons. The van der Waals surface area contributed by atoms with E-state index in [4.69, 9.17) is 19.8 Å². The van der Waals surface area contributed by atoms with E-state index in [2.05, 4.69) is 31.7 Å². The Morgan fingerprint density at radius 2 is 1.71 bits per heavy atom. The van der Waals surface area contributed by atoms with Crippen LogP contribution in [0.2, 0.25) is 0 Å². The van der Waals surface area contributed by atoms with Crippen LogP contribution in [-0.4, -0.2) is 85.2 Å². The maximum Gasteiger partial charge on any atom is 0.490 e. The van der Waals surface area contributed by atoms with E-state index in [1.54, 1.807) is 18.3 Å². The van der Waals surface area contributed by atoms with E-state index in [9.17, 15) is 31.1 Å². The zero-order chi connectivity index (χ0) is 28.7. The second-order valence-corrected chi connectivity index (χ2v) is 9.41. The van der Waals surface area contributed by atoms with E-state index in [-0.39, 0.29) is 11.9 Å². The first-order valence-corrected chi connectivity index (χ1v) is 12.1. The van der Waals surface area contributed by atoms with Gasteiger partial charge in [0, 0.05) is 45.0 Å². The number of aromatic nitrogens is 2. The number of fused-ring (bicyclic) bond motifs is 1. The summed E-state index contributed by atoms with van der Waals surface area (Å²) in [6.07, 6.45) is -4.19. The number of rotatable bonds is 4. The van der Waals surface area contributed by atoms with Gasteiger partial charge in [-0.25, -0.2) is 9.59 Å². The second kappa shape index (κ2) is 13.1. The van der Waals surface area contributed by atoms with Crippen molar-refractivity contribution in [1.29, 1.82) is 0 Å². The molecule has 2 aliphatic heterocycles. The van der Waals surface area contributed by atoms with Crippen LogP contribution in [0.25, 0.3) is 0 Å². The summed E-state index contributed by atoms with van der Waals surface area (Å²) >= 11 is 1.77. The number of likely N-dealkylation sites (tertiary alicyclic amines) is 2. The quantitative estimate of drug-likeness (QED) is 0.537. The number of halogens is 6. The van der Waals surface area contributed by atoms with E-state index in [0.717, 1.165) is 39.0 Å². The van der Waals surface area contributed by atoms with Gasteiger partial charge in [0.15, 0.2) is 0 Å². The van der Waals surface area contributed by atoms with Crippen molar-refractivity contribution in [3.63, 3.8) is 0 Å². The van der Waals surface area contributed by atoms with Gasteiger partial charge in [0.25, 0.3) is 0 Å². The zero-order valence-electron chi connectivity index (χ0n) is 20.0. The summed E-state index contributed by atoms with van der Waals surface area (Å²) in [5, 5.41) is 23.0. The van der Waals surface area contributed by atoms with Crippen LogP contribution in [0.1, 0.15) is 25.3 Å². The van der Waals surface area contributed by atoms with Crippen LogP contribution >= 0.6 is 11.3 Å². The number of carboxylic acid groups (broad SMARTS) is 2. The average molecular weight is 573 g/mol. The molecule has 4 rings (SSSR count). The lowest BCUT2D eigenvalue weighted by Crippen LogP contribution is -2.48. The van der Waals surface area contributed by atoms with Crippen LogP contribution < -0.4 is 0 Å². The Hall–Kier alpha value is -3.14. The van der Waals surface area contributed by atoms with Gasteiger partial charge in [-0.1, -0.05) is 0 Å². The Morgan fingerprint density at radius 1 is 1.11 bits per heavy atom. The van der Waals surface area contributed by atoms with E-state index in [1.165, 1.54) is 5.56 Å². The lowest BCUT2D eigenvalue weighted by molar-refractivity contribution is -0.193. The minimum absolute atomic E-state index is 0.214. The summed E-state index contributed by atoms with van der Waals surface area (Å²) in [7, 11) is 0. The van der Waals surface area contributed by atoms with Crippen LogP contribution in [0.3, 0.4) is 0 Å². The normalized spacial score (nSPS) is 21.4. The van der Waals surface area contributed by atoms with Crippen molar-refractivity contribution in [2.45, 2.75) is 57.3 Å². The molecule has 38 heavy (non-hydrogen) atoms. The van der Waals surface area contributed by atoms with Gasteiger partial charge in [0.1, 0.15) is 0 Å². The van der Waals surface area contributed by atoms with E-state index in [1.807, 2.05) is 23.1 Å². The highest BCUT2D eigenvalue weighted by Crippen LogP contribution is 2.36. The van der Waals surface area contributed by atoms with E-state index >= 15 is 0 Å². The minimum atomic E-state index is -5.08. The third-order valence-corrected chi connectivity index (χ3v) is 6.63. The van der Waals surface area contributed by atoms with Crippen molar-refractivity contribution in [1.82, 2.24) is 19.6 Å². The first-order valence-electron chi connectivity index (χ1n) is 11.2. The molecule has 0 aliphatic carbocycles. The highest BCUT2D eigenvalue weighted by Gasteiger charge is 2.45. The molecule has 0 bridgehead atoms. The predicted molar refractivity (Wildman–Crippen MR) is 122 cm³/mol. The second-order valence-electron chi connectivity index (χ2n) is 8.63. The monoisotopic (exact) mass is 572 g/mol. The molecule has 0 spiro atoms. The lowest BCUT2D eigenvalue weighted by Gasteiger charge is -2.38. The number of alkyl halides is 6. The smallest absolute Gasteiger partial charge is 0.475 e. The topological polar surface area (TPSA) is 116 Å². The Balaban J connectivity index is 0.000000301. The molecule has 9 nitrogen and oxygen atoms in total. The standard InChI is InChI=1S/C18H24N4OS.2C2HF3O2/c1-14(23)22-17(12-21-6-2-5-19-21)9-16-11-20(7-3-18(16)22)10-15-4-8-24-13-15;2*3-2(4,5)1(6)7/h2,4-6,8,13,16-18H,3,7,9-12H2,1H3;2*(H,6,7)/t16-,17?,18+;;/m1../s1. The molecule has 2 aliphatic rings. The molecular weight excluding hydrogens is 546 g/mol. The molecule has 2 aromatic heterocycles. The van der Waals surface area contributed by atoms with Crippen LogP contribution in [0.15, 0.2) is 35.3 Å². The third kappa shape index (κ3) is 9.31. The van der Waals surface area contributed by atoms with E-state index < -0.39 is 24.3 Å². The van der Waals surface area contributed by atoms with Gasteiger partial charge in [-0.05, 0) is 47.2 Å². The largest absolute Gasteiger partial charge is 0.490 e. The fourth-order valence-electron chi connectivity index (χ4n) is 4.49. The van der Waals surface area contributed by atoms with Crippen molar-refractivity contribution in [3.8, 4) is 0 Å². The van der Waals surface area contributed by atoms with Gasteiger partial charge in [0.05, 0.1) is 12.6 Å². The molecule has 16 heteroatoms. The molecule has 0 aromatic carbocycles. The molecule has 1 unspecified atom stereocenters. The van der Waals surface area contributed by atoms with Gasteiger partial charge in [0.2, 0.25) is 5.91 Å². The number of carbonyl (C=O) groups is 3. The number of carboxylic acids is 2. The molecule has 0 saturated carbocycles. The van der Waals surface area contributed by atoms with Gasteiger partial charge >= 0.3 is 24.3 Å². The molecule has 2 aromatic rings. The molecule has 1 amide bonds. The van der Waals surface area contributed by atoms with Gasteiger partial charge in [-0.15, -0.1) is 0 Å². The SMILES string of the molecule is CC(=O)N1C(Cn2cccn2)C[C@@H]2CN(Cc3ccsc3)CC[C@@H]21.O=C(O)C(F)(F)F.O=C(O)C(F)(F)F. The van der Waals surface area contributed by atoms with Gasteiger partial charge in [-0.2, -0.15) is 42.8 Å². The Kier molecular flexibility index (Phi) is 10.7. The molecule has 2 saturated heterocycles. The van der Waals surface area contributed by atoms with Crippen LogP contribution in [0, 0.1) is 5.92 Å². The van der Waals surface area contributed by atoms with Crippen molar-refractivity contribution < 1.29 is 50.9 Å². The van der Waals surface area contributed by atoms with Crippen molar-refractivity contribution in [3.05, 3.63) is 40.8 Å². The van der Waals surface area contributed by atoms with Crippen LogP contribution in [-0.2, 0) is 27.5 Å². The van der Waals surface area contributed by atoms with E-state index in [0.29, 0.717) is 12.0 Å². The van der Waals surface area contributed by atoms with Crippen molar-refractivity contribution in [2.75, 3.05) is 13.1 Å². The summed E-state index contributed by atoms with van der Waals surface area (Å²) in [6, 6.07) is 4.84. The number of carbonyl (C=O) groups excluding carboxylic acids is 1. The zero-order valence-corrected chi connectivity index (χ0v) is 20.8. The van der Waals surface area contributed by atoms with Crippen molar-refractivity contribution >= 4 is 29.2 Å². The molecule has 2 N–H and O–H groups in total. The highest BCUT2D eigenvalue weighted by molar-refractivity contribution is 7.07. The maximum atomic E-state index is 12.3. The molecule has 2 fully saturated rings. The number of hydrogen-bond donors (Lipinski definition) is 2. The molecular formula is C22H26F6N4O5S. The first kappa shape index (κ1) is 31.1. The highest BCUT2D eigenvalue weighted by atomic mass is 32.1. The number of nitrogens with zero attached hydrogens (tertiary/aromatic N) is 4. The maximum absolute atomic E-state index is 12.3. The Bertz CT molecular complexity index is 1020. The minimum Gasteiger partial charge on any atom is -0.475 e. The summed E-state index contributed by atoms with van der Waals surface area (Å²) in [5.74, 6) is -4.72.